The molecule has 168 valence electrons. The van der Waals surface area contributed by atoms with Crippen LogP contribution >= 0.6 is 11.6 Å². The van der Waals surface area contributed by atoms with Crippen molar-refractivity contribution < 1.29 is 17.9 Å². The van der Waals surface area contributed by atoms with E-state index in [0.717, 1.165) is 0 Å². The summed E-state index contributed by atoms with van der Waals surface area (Å²) in [6.45, 7) is 0. The van der Waals surface area contributed by atoms with Crippen molar-refractivity contribution in [2.24, 2.45) is 0 Å². The quantitative estimate of drug-likeness (QED) is 0.383. The van der Waals surface area contributed by atoms with Gasteiger partial charge in [-0.3, -0.25) is 14.3 Å². The first-order valence-electron chi connectivity index (χ1n) is 9.54. The topological polar surface area (TPSA) is 130 Å². The highest BCUT2D eigenvalue weighted by atomic mass is 35.5. The molecule has 0 bridgehead atoms. The van der Waals surface area contributed by atoms with E-state index in [1.54, 1.807) is 42.5 Å². The van der Waals surface area contributed by atoms with Gasteiger partial charge in [-0.1, -0.05) is 41.9 Å². The van der Waals surface area contributed by atoms with E-state index in [1.165, 1.54) is 31.4 Å². The summed E-state index contributed by atoms with van der Waals surface area (Å²) in [6, 6.07) is 17.1. The third-order valence-corrected chi connectivity index (χ3v) is 6.46. The molecule has 4 rings (SSSR count). The first kappa shape index (κ1) is 22.3. The van der Waals surface area contributed by atoms with E-state index in [-0.39, 0.29) is 32.7 Å². The summed E-state index contributed by atoms with van der Waals surface area (Å²) < 4.78 is 33.7. The van der Waals surface area contributed by atoms with Gasteiger partial charge in [0.05, 0.1) is 23.2 Å². The lowest BCUT2D eigenvalue weighted by Crippen LogP contribution is -2.20. The average molecular weight is 485 g/mol. The molecule has 1 amide bonds. The number of anilines is 2. The van der Waals surface area contributed by atoms with E-state index in [9.17, 15) is 18.0 Å². The second-order valence-electron chi connectivity index (χ2n) is 6.85. The Morgan fingerprint density at radius 1 is 1.03 bits per heavy atom. The van der Waals surface area contributed by atoms with Crippen molar-refractivity contribution in [3.8, 4) is 5.75 Å². The maximum atomic E-state index is 13.0. The van der Waals surface area contributed by atoms with Crippen molar-refractivity contribution in [3.05, 3.63) is 87.8 Å². The van der Waals surface area contributed by atoms with Gasteiger partial charge in [0.1, 0.15) is 10.6 Å². The number of H-pyrrole nitrogens is 1. The number of hydrogen-bond donors (Lipinski definition) is 3. The number of nitrogens with one attached hydrogen (secondary N) is 3. The summed E-state index contributed by atoms with van der Waals surface area (Å²) in [5, 5.41) is 9.65. The van der Waals surface area contributed by atoms with E-state index in [2.05, 4.69) is 20.2 Å². The van der Waals surface area contributed by atoms with Gasteiger partial charge in [-0.2, -0.15) is 5.10 Å². The van der Waals surface area contributed by atoms with Crippen LogP contribution in [0.4, 0.5) is 11.4 Å². The fraction of sp³-hybridized carbons (Fsp3) is 0.0455. The summed E-state index contributed by atoms with van der Waals surface area (Å²) in [5.74, 6) is -0.560. The van der Waals surface area contributed by atoms with Gasteiger partial charge in [-0.25, -0.2) is 13.5 Å². The second kappa shape index (κ2) is 8.93. The van der Waals surface area contributed by atoms with E-state index in [0.29, 0.717) is 10.8 Å². The largest absolute Gasteiger partial charge is 0.495 e. The molecule has 33 heavy (non-hydrogen) atoms. The minimum atomic E-state index is -4.12. The number of carbonyl (C=O) groups is 1. The lowest BCUT2D eigenvalue weighted by molar-refractivity contribution is 0.102. The Balaban J connectivity index is 1.69. The Morgan fingerprint density at radius 2 is 1.73 bits per heavy atom. The zero-order valence-electron chi connectivity index (χ0n) is 17.1. The Kier molecular flexibility index (Phi) is 6.03. The number of aromatic amines is 1. The molecule has 0 saturated carbocycles. The number of hydrogen-bond acceptors (Lipinski definition) is 6. The molecule has 0 spiro atoms. The maximum absolute atomic E-state index is 13.0. The SMILES string of the molecule is COc1ccc(NC(=O)c2n[nH]c(=O)c3ccccc23)cc1S(=O)(=O)Nc1ccccc1Cl. The van der Waals surface area contributed by atoms with Crippen LogP contribution in [0.15, 0.2) is 76.4 Å². The molecular weight excluding hydrogens is 468 g/mol. The fourth-order valence-corrected chi connectivity index (χ4v) is 4.70. The van der Waals surface area contributed by atoms with Crippen LogP contribution in [0.3, 0.4) is 0 Å². The molecule has 0 aliphatic carbocycles. The van der Waals surface area contributed by atoms with Crippen LogP contribution < -0.4 is 20.3 Å². The Morgan fingerprint density at radius 3 is 2.45 bits per heavy atom. The zero-order chi connectivity index (χ0) is 23.6. The molecule has 11 heteroatoms. The highest BCUT2D eigenvalue weighted by Crippen LogP contribution is 2.31. The molecule has 0 saturated heterocycles. The summed E-state index contributed by atoms with van der Waals surface area (Å²) in [5.41, 5.74) is -0.0674. The highest BCUT2D eigenvalue weighted by molar-refractivity contribution is 7.92. The van der Waals surface area contributed by atoms with Gasteiger partial charge in [0.25, 0.3) is 21.5 Å². The summed E-state index contributed by atoms with van der Waals surface area (Å²) >= 11 is 6.07. The number of rotatable bonds is 6. The standard InChI is InChI=1S/C22H17ClN4O5S/c1-32-18-11-10-13(12-19(18)33(30,31)27-17-9-5-4-8-16(17)23)24-22(29)20-14-6-2-3-7-15(14)21(28)26-25-20/h2-12,27H,1H3,(H,24,29)(H,26,28). The van der Waals surface area contributed by atoms with E-state index >= 15 is 0 Å². The molecule has 1 heterocycles. The molecule has 0 aliphatic rings. The van der Waals surface area contributed by atoms with Crippen LogP contribution in [0.1, 0.15) is 10.5 Å². The van der Waals surface area contributed by atoms with Gasteiger partial charge in [0.2, 0.25) is 0 Å². The van der Waals surface area contributed by atoms with Crippen LogP contribution in [-0.2, 0) is 10.0 Å². The Hall–Kier alpha value is -3.89. The number of para-hydroxylation sites is 1. The van der Waals surface area contributed by atoms with Crippen molar-refractivity contribution in [3.63, 3.8) is 0 Å². The van der Waals surface area contributed by atoms with Crippen LogP contribution in [-0.4, -0.2) is 31.6 Å². The summed E-state index contributed by atoms with van der Waals surface area (Å²) in [4.78, 5) is 24.6. The lowest BCUT2D eigenvalue weighted by atomic mass is 10.1. The number of nitrogens with zero attached hydrogens (tertiary/aromatic N) is 1. The van der Waals surface area contributed by atoms with Gasteiger partial charge in [0, 0.05) is 11.1 Å². The predicted octanol–water partition coefficient (Wildman–Crippen LogP) is 3.64. The molecule has 1 aromatic heterocycles. The van der Waals surface area contributed by atoms with Gasteiger partial charge in [-0.05, 0) is 36.4 Å². The third kappa shape index (κ3) is 4.52. The Bertz CT molecular complexity index is 1540. The number of aromatic nitrogens is 2. The van der Waals surface area contributed by atoms with Crippen molar-refractivity contribution in [1.82, 2.24) is 10.2 Å². The van der Waals surface area contributed by atoms with Gasteiger partial charge < -0.3 is 10.1 Å². The number of sulfonamides is 1. The number of halogens is 1. The van der Waals surface area contributed by atoms with Crippen molar-refractivity contribution >= 4 is 49.7 Å². The number of ether oxygens (including phenoxy) is 1. The van der Waals surface area contributed by atoms with Crippen molar-refractivity contribution in [2.75, 3.05) is 17.1 Å². The first-order valence-corrected chi connectivity index (χ1v) is 11.4. The molecular formula is C22H17ClN4O5S. The molecule has 3 aromatic carbocycles. The van der Waals surface area contributed by atoms with Crippen LogP contribution in [0.25, 0.3) is 10.8 Å². The minimum absolute atomic E-state index is 0.0142. The zero-order valence-corrected chi connectivity index (χ0v) is 18.7. The normalized spacial score (nSPS) is 11.2. The monoisotopic (exact) mass is 484 g/mol. The molecule has 3 N–H and O–H groups in total. The Labute approximate surface area is 193 Å². The second-order valence-corrected chi connectivity index (χ2v) is 8.91. The first-order chi connectivity index (χ1) is 15.8. The van der Waals surface area contributed by atoms with E-state index in [1.807, 2.05) is 0 Å². The highest BCUT2D eigenvalue weighted by Gasteiger charge is 2.22. The molecule has 0 atom stereocenters. The fourth-order valence-electron chi connectivity index (χ4n) is 3.19. The lowest BCUT2D eigenvalue weighted by Gasteiger charge is -2.14. The van der Waals surface area contributed by atoms with Crippen LogP contribution in [0.5, 0.6) is 5.75 Å². The van der Waals surface area contributed by atoms with Crippen molar-refractivity contribution in [1.29, 1.82) is 0 Å². The molecule has 0 aliphatic heterocycles. The van der Waals surface area contributed by atoms with E-state index < -0.39 is 21.5 Å². The van der Waals surface area contributed by atoms with Crippen molar-refractivity contribution in [2.45, 2.75) is 4.90 Å². The van der Waals surface area contributed by atoms with Gasteiger partial charge >= 0.3 is 0 Å². The van der Waals surface area contributed by atoms with Crippen LogP contribution in [0.2, 0.25) is 5.02 Å². The minimum Gasteiger partial charge on any atom is -0.495 e. The maximum Gasteiger partial charge on any atom is 0.276 e. The third-order valence-electron chi connectivity index (χ3n) is 4.74. The molecule has 0 unspecified atom stereocenters. The molecule has 0 radical (unpaired) electrons. The van der Waals surface area contributed by atoms with Crippen LogP contribution in [0, 0.1) is 0 Å². The molecule has 0 fully saturated rings. The van der Waals surface area contributed by atoms with Gasteiger partial charge in [0.15, 0.2) is 5.69 Å². The number of methoxy groups -OCH3 is 1. The number of fused-ring (bicyclic) bond motifs is 1. The van der Waals surface area contributed by atoms with Gasteiger partial charge in [-0.15, -0.1) is 0 Å². The smallest absolute Gasteiger partial charge is 0.276 e. The predicted molar refractivity (Wildman–Crippen MR) is 126 cm³/mol. The number of carbonyl (C=O) groups excluding carboxylic acids is 1. The average Bonchev–Trinajstić information content (AvgIpc) is 2.81. The summed E-state index contributed by atoms with van der Waals surface area (Å²) in [6.07, 6.45) is 0. The summed E-state index contributed by atoms with van der Waals surface area (Å²) in [7, 11) is -2.78. The molecule has 4 aromatic rings. The molecule has 9 nitrogen and oxygen atoms in total. The van der Waals surface area contributed by atoms with E-state index in [4.69, 9.17) is 16.3 Å². The number of benzene rings is 3. The number of amides is 1.